The van der Waals surface area contributed by atoms with Gasteiger partial charge in [0.25, 0.3) is 0 Å². The Morgan fingerprint density at radius 1 is 1.21 bits per heavy atom. The number of hydrogen-bond donors (Lipinski definition) is 3. The average Bonchev–Trinajstić information content (AvgIpc) is 3.13. The lowest BCUT2D eigenvalue weighted by molar-refractivity contribution is 0.362. The summed E-state index contributed by atoms with van der Waals surface area (Å²) >= 11 is 0. The zero-order chi connectivity index (χ0) is 16.9. The Morgan fingerprint density at radius 2 is 1.96 bits per heavy atom. The second-order valence-corrected chi connectivity index (χ2v) is 7.69. The fraction of sp³-hybridized carbons (Fsp3) is 0.200. The fourth-order valence-electron chi connectivity index (χ4n) is 3.09. The number of aryl methyl sites for hydroxylation is 1. The lowest BCUT2D eigenvalue weighted by Gasteiger charge is -2.33. The van der Waals surface area contributed by atoms with Gasteiger partial charge in [0, 0.05) is 18.0 Å². The predicted molar refractivity (Wildman–Crippen MR) is 91.7 cm³/mol. The molecule has 124 valence electrons. The van der Waals surface area contributed by atoms with Gasteiger partial charge in [0.2, 0.25) is 5.66 Å². The van der Waals surface area contributed by atoms with Crippen molar-refractivity contribution in [2.75, 3.05) is 11.7 Å². The Bertz CT molecular complexity index is 977. The molecule has 0 bridgehead atoms. The standard InChI is InChI=1S/C15H16N6O2S/c1-10-12(11-6-4-3-5-7-11)13-17-18-14(24(2,22)23)15(21(13)19-10)8-9-16-20-15/h3-9,16-17,20H,1-2H3. The molecule has 3 N–H and O–H groups in total. The van der Waals surface area contributed by atoms with Crippen LogP contribution in [0, 0.1) is 6.92 Å². The van der Waals surface area contributed by atoms with Gasteiger partial charge < -0.3 is 5.43 Å². The Labute approximate surface area is 139 Å². The van der Waals surface area contributed by atoms with Crippen LogP contribution in [-0.4, -0.2) is 29.5 Å². The second-order valence-electron chi connectivity index (χ2n) is 5.76. The van der Waals surface area contributed by atoms with Crippen LogP contribution in [0.2, 0.25) is 0 Å². The quantitative estimate of drug-likeness (QED) is 0.711. The molecular weight excluding hydrogens is 328 g/mol. The van der Waals surface area contributed by atoms with Crippen LogP contribution in [0.5, 0.6) is 0 Å². The number of hydrazine groups is 1. The number of aromatic nitrogens is 2. The van der Waals surface area contributed by atoms with Crippen molar-refractivity contribution >= 4 is 20.7 Å². The Morgan fingerprint density at radius 3 is 2.58 bits per heavy atom. The molecule has 8 nitrogen and oxygen atoms in total. The van der Waals surface area contributed by atoms with E-state index in [0.717, 1.165) is 23.1 Å². The Balaban J connectivity index is 1.98. The molecule has 1 unspecified atom stereocenters. The number of fused-ring (bicyclic) bond motifs is 2. The molecule has 2 aliphatic rings. The zero-order valence-electron chi connectivity index (χ0n) is 13.1. The first-order valence-corrected chi connectivity index (χ1v) is 9.23. The highest BCUT2D eigenvalue weighted by Gasteiger charge is 2.48. The van der Waals surface area contributed by atoms with Crippen LogP contribution in [-0.2, 0) is 15.5 Å². The summed E-state index contributed by atoms with van der Waals surface area (Å²) in [5, 5.41) is 8.67. The van der Waals surface area contributed by atoms with Gasteiger partial charge >= 0.3 is 0 Å². The molecule has 0 saturated heterocycles. The van der Waals surface area contributed by atoms with Crippen LogP contribution in [0.25, 0.3) is 11.1 Å². The maximum atomic E-state index is 12.2. The third-order valence-corrected chi connectivity index (χ3v) is 5.17. The highest BCUT2D eigenvalue weighted by molar-refractivity contribution is 8.06. The molecule has 0 amide bonds. The molecule has 2 aromatic rings. The lowest BCUT2D eigenvalue weighted by Crippen LogP contribution is -2.57. The molecule has 1 spiro atoms. The van der Waals surface area contributed by atoms with E-state index in [-0.39, 0.29) is 5.04 Å². The molecule has 1 aromatic carbocycles. The topological polar surface area (TPSA) is 100 Å². The van der Waals surface area contributed by atoms with E-state index in [1.54, 1.807) is 17.0 Å². The monoisotopic (exact) mass is 344 g/mol. The van der Waals surface area contributed by atoms with Crippen molar-refractivity contribution in [2.24, 2.45) is 5.10 Å². The largest absolute Gasteiger partial charge is 0.326 e. The summed E-state index contributed by atoms with van der Waals surface area (Å²) in [6.45, 7) is 1.88. The van der Waals surface area contributed by atoms with Gasteiger partial charge in [-0.1, -0.05) is 30.3 Å². The average molecular weight is 344 g/mol. The van der Waals surface area contributed by atoms with Crippen LogP contribution in [0.4, 0.5) is 5.82 Å². The Hall–Kier alpha value is -2.65. The number of hydrogen-bond acceptors (Lipinski definition) is 7. The molecule has 24 heavy (non-hydrogen) atoms. The van der Waals surface area contributed by atoms with Crippen molar-refractivity contribution in [3.05, 3.63) is 48.3 Å². The van der Waals surface area contributed by atoms with Crippen molar-refractivity contribution in [3.8, 4) is 11.1 Å². The first kappa shape index (κ1) is 14.9. The summed E-state index contributed by atoms with van der Waals surface area (Å²) in [7, 11) is -3.56. The van der Waals surface area contributed by atoms with Crippen molar-refractivity contribution in [1.82, 2.24) is 20.6 Å². The summed E-state index contributed by atoms with van der Waals surface area (Å²) in [6, 6.07) is 9.78. The van der Waals surface area contributed by atoms with Gasteiger partial charge in [-0.05, 0) is 18.6 Å². The van der Waals surface area contributed by atoms with E-state index in [0.29, 0.717) is 5.82 Å². The van der Waals surface area contributed by atoms with Crippen LogP contribution >= 0.6 is 0 Å². The van der Waals surface area contributed by atoms with Crippen molar-refractivity contribution in [2.45, 2.75) is 12.6 Å². The number of sulfone groups is 1. The molecule has 4 rings (SSSR count). The van der Waals surface area contributed by atoms with Crippen LogP contribution in [0.15, 0.2) is 47.7 Å². The number of nitrogens with one attached hydrogen (secondary N) is 3. The minimum Gasteiger partial charge on any atom is -0.326 e. The van der Waals surface area contributed by atoms with E-state index < -0.39 is 15.5 Å². The first-order chi connectivity index (χ1) is 11.4. The van der Waals surface area contributed by atoms with Gasteiger partial charge in [-0.2, -0.15) is 10.2 Å². The highest BCUT2D eigenvalue weighted by Crippen LogP contribution is 2.38. The lowest BCUT2D eigenvalue weighted by atomic mass is 10.1. The molecule has 1 aromatic heterocycles. The van der Waals surface area contributed by atoms with Gasteiger partial charge in [0.1, 0.15) is 0 Å². The normalized spacial score (nSPS) is 22.0. The molecule has 0 aliphatic carbocycles. The molecule has 1 atom stereocenters. The smallest absolute Gasteiger partial charge is 0.207 e. The van der Waals surface area contributed by atoms with Gasteiger partial charge in [-0.25, -0.2) is 18.5 Å². The summed E-state index contributed by atoms with van der Waals surface area (Å²) in [5.41, 5.74) is 10.1. The first-order valence-electron chi connectivity index (χ1n) is 7.34. The zero-order valence-corrected chi connectivity index (χ0v) is 13.9. The SMILES string of the molecule is Cc1nn2c(c1-c1ccccc1)NN=C(S(C)(=O)=O)C21C=CNN1. The number of anilines is 1. The van der Waals surface area contributed by atoms with Crippen molar-refractivity contribution in [3.63, 3.8) is 0 Å². The molecule has 2 aliphatic heterocycles. The van der Waals surface area contributed by atoms with Crippen LogP contribution in [0.1, 0.15) is 5.69 Å². The van der Waals surface area contributed by atoms with Gasteiger partial charge in [-0.3, -0.25) is 5.43 Å². The van der Waals surface area contributed by atoms with Gasteiger partial charge in [0.15, 0.2) is 20.7 Å². The van der Waals surface area contributed by atoms with Crippen molar-refractivity contribution in [1.29, 1.82) is 0 Å². The molecular formula is C15H16N6O2S. The van der Waals surface area contributed by atoms with Crippen LogP contribution < -0.4 is 16.3 Å². The third kappa shape index (κ3) is 1.98. The van der Waals surface area contributed by atoms with E-state index in [1.165, 1.54) is 0 Å². The molecule has 0 radical (unpaired) electrons. The number of hydrazone groups is 1. The molecule has 3 heterocycles. The third-order valence-electron chi connectivity index (χ3n) is 4.07. The highest BCUT2D eigenvalue weighted by atomic mass is 32.2. The van der Waals surface area contributed by atoms with Gasteiger partial charge in [0.05, 0.1) is 5.69 Å². The maximum absolute atomic E-state index is 12.2. The number of nitrogens with zero attached hydrogens (tertiary/aromatic N) is 3. The Kier molecular flexibility index (Phi) is 3.06. The summed E-state index contributed by atoms with van der Waals surface area (Å²) in [6.07, 6.45) is 4.45. The second kappa shape index (κ2) is 4.92. The maximum Gasteiger partial charge on any atom is 0.207 e. The minimum absolute atomic E-state index is 0.0501. The van der Waals surface area contributed by atoms with E-state index in [9.17, 15) is 8.42 Å². The summed E-state index contributed by atoms with van der Waals surface area (Å²) in [5.74, 6) is 0.631. The van der Waals surface area contributed by atoms with Crippen molar-refractivity contribution < 1.29 is 8.42 Å². The predicted octanol–water partition coefficient (Wildman–Crippen LogP) is 0.916. The van der Waals surface area contributed by atoms with E-state index in [4.69, 9.17) is 0 Å². The van der Waals surface area contributed by atoms with Gasteiger partial charge in [-0.15, -0.1) is 0 Å². The molecule has 0 fully saturated rings. The van der Waals surface area contributed by atoms with E-state index in [1.807, 2.05) is 37.3 Å². The van der Waals surface area contributed by atoms with E-state index >= 15 is 0 Å². The minimum atomic E-state index is -3.56. The summed E-state index contributed by atoms with van der Waals surface area (Å²) in [4.78, 5) is 0. The molecule has 0 saturated carbocycles. The molecule has 9 heteroatoms. The fourth-order valence-corrected chi connectivity index (χ4v) is 4.07. The van der Waals surface area contributed by atoms with Crippen LogP contribution in [0.3, 0.4) is 0 Å². The summed E-state index contributed by atoms with van der Waals surface area (Å²) < 4.78 is 26.0. The number of rotatable bonds is 1. The van der Waals surface area contributed by atoms with E-state index in [2.05, 4.69) is 26.5 Å². The number of benzene rings is 1.